The van der Waals surface area contributed by atoms with Crippen LogP contribution in [0.1, 0.15) is 25.3 Å². The van der Waals surface area contributed by atoms with Crippen LogP contribution < -0.4 is 0 Å². The molecule has 1 aromatic rings. The molecular weight excluding hydrogens is 206 g/mol. The normalized spacial score (nSPS) is 9.81. The van der Waals surface area contributed by atoms with E-state index in [1.807, 2.05) is 12.1 Å². The molecule has 0 aliphatic carbocycles. The van der Waals surface area contributed by atoms with Gasteiger partial charge in [0, 0.05) is 12.4 Å². The van der Waals surface area contributed by atoms with Gasteiger partial charge in [-0.05, 0) is 31.4 Å². The maximum absolute atomic E-state index is 11.0. The maximum atomic E-state index is 11.0. The molecule has 0 saturated heterocycles. The van der Waals surface area contributed by atoms with Crippen LogP contribution in [0.5, 0.6) is 0 Å². The summed E-state index contributed by atoms with van der Waals surface area (Å²) in [5.41, 5.74) is 1.12. The van der Waals surface area contributed by atoms with Gasteiger partial charge in [0.2, 0.25) is 0 Å². The lowest BCUT2D eigenvalue weighted by atomic mass is 10.2. The molecule has 4 heteroatoms. The molecule has 0 atom stereocenters. The van der Waals surface area contributed by atoms with Crippen molar-refractivity contribution < 1.29 is 14.3 Å². The number of carbonyl (C=O) groups excluding carboxylic acids is 2. The number of nitrogens with zero attached hydrogens (tertiary/aromatic N) is 1. The Kier molecular flexibility index (Phi) is 5.19. The molecule has 0 unspecified atom stereocenters. The lowest BCUT2D eigenvalue weighted by molar-refractivity contribution is -0.145. The van der Waals surface area contributed by atoms with E-state index in [0.717, 1.165) is 18.4 Å². The molecule has 0 fully saturated rings. The summed E-state index contributed by atoms with van der Waals surface area (Å²) in [5.74, 6) is -0.615. The smallest absolute Gasteiger partial charge is 0.313 e. The van der Waals surface area contributed by atoms with E-state index in [1.165, 1.54) is 6.92 Å². The quantitative estimate of drug-likeness (QED) is 0.415. The van der Waals surface area contributed by atoms with Crippen molar-refractivity contribution in [3.63, 3.8) is 0 Å². The monoisotopic (exact) mass is 221 g/mol. The van der Waals surface area contributed by atoms with Crippen molar-refractivity contribution in [3.8, 4) is 0 Å². The van der Waals surface area contributed by atoms with Gasteiger partial charge in [0.15, 0.2) is 0 Å². The summed E-state index contributed by atoms with van der Waals surface area (Å²) in [7, 11) is 0. The topological polar surface area (TPSA) is 56.3 Å². The highest BCUT2D eigenvalue weighted by Crippen LogP contribution is 2.00. The van der Waals surface area contributed by atoms with Gasteiger partial charge in [-0.2, -0.15) is 0 Å². The van der Waals surface area contributed by atoms with Gasteiger partial charge >= 0.3 is 5.97 Å². The average Bonchev–Trinajstić information content (AvgIpc) is 2.25. The van der Waals surface area contributed by atoms with Crippen molar-refractivity contribution in [1.29, 1.82) is 0 Å². The summed E-state index contributed by atoms with van der Waals surface area (Å²) in [5, 5.41) is 0. The first-order valence-electron chi connectivity index (χ1n) is 5.22. The van der Waals surface area contributed by atoms with E-state index in [2.05, 4.69) is 4.98 Å². The van der Waals surface area contributed by atoms with Crippen molar-refractivity contribution in [2.75, 3.05) is 6.61 Å². The zero-order valence-electron chi connectivity index (χ0n) is 9.31. The molecule has 4 nitrogen and oxygen atoms in total. The van der Waals surface area contributed by atoms with Crippen LogP contribution in [0, 0.1) is 0 Å². The van der Waals surface area contributed by atoms with Gasteiger partial charge in [0.25, 0.3) is 0 Å². The number of aromatic nitrogens is 1. The highest BCUT2D eigenvalue weighted by atomic mass is 16.5. The van der Waals surface area contributed by atoms with Crippen LogP contribution in [0.25, 0.3) is 0 Å². The number of esters is 1. The molecule has 1 heterocycles. The minimum atomic E-state index is -0.446. The minimum absolute atomic E-state index is 0.132. The maximum Gasteiger partial charge on any atom is 0.313 e. The summed E-state index contributed by atoms with van der Waals surface area (Å²) >= 11 is 0. The Morgan fingerprint density at radius 3 is 2.88 bits per heavy atom. The number of hydrogen-bond donors (Lipinski definition) is 0. The van der Waals surface area contributed by atoms with E-state index in [0.29, 0.717) is 6.61 Å². The third kappa shape index (κ3) is 5.24. The first-order valence-corrected chi connectivity index (χ1v) is 5.22. The molecule has 0 N–H and O–H groups in total. The molecular formula is C12H15NO3. The highest BCUT2D eigenvalue weighted by molar-refractivity contribution is 5.94. The summed E-state index contributed by atoms with van der Waals surface area (Å²) < 4.78 is 4.89. The second kappa shape index (κ2) is 6.71. The predicted octanol–water partition coefficient (Wildman–Crippen LogP) is 1.54. The largest absolute Gasteiger partial charge is 0.465 e. The number of ketones is 1. The zero-order valence-corrected chi connectivity index (χ0v) is 9.31. The second-order valence-electron chi connectivity index (χ2n) is 3.56. The standard InChI is InChI=1S/C12H15NO3/c1-10(14)8-12(15)16-7-3-5-11-4-2-6-13-9-11/h2,4,6,9H,3,5,7-8H2,1H3. The molecule has 0 saturated carbocycles. The SMILES string of the molecule is CC(=O)CC(=O)OCCCc1cccnc1. The Morgan fingerprint density at radius 2 is 2.25 bits per heavy atom. The van der Waals surface area contributed by atoms with Crippen molar-refractivity contribution in [3.05, 3.63) is 30.1 Å². The Balaban J connectivity index is 2.13. The number of hydrogen-bond acceptors (Lipinski definition) is 4. The number of rotatable bonds is 6. The van der Waals surface area contributed by atoms with Crippen LogP contribution >= 0.6 is 0 Å². The molecule has 16 heavy (non-hydrogen) atoms. The van der Waals surface area contributed by atoms with Crippen molar-refractivity contribution in [2.24, 2.45) is 0 Å². The fourth-order valence-corrected chi connectivity index (χ4v) is 1.26. The molecule has 0 bridgehead atoms. The molecule has 0 aliphatic heterocycles. The Hall–Kier alpha value is -1.71. The lowest BCUT2D eigenvalue weighted by Crippen LogP contribution is -2.10. The van der Waals surface area contributed by atoms with Gasteiger partial charge in [-0.25, -0.2) is 0 Å². The molecule has 0 amide bonds. The summed E-state index contributed by atoms with van der Waals surface area (Å²) in [4.78, 5) is 25.6. The highest BCUT2D eigenvalue weighted by Gasteiger charge is 2.05. The Bertz CT molecular complexity index is 349. The van der Waals surface area contributed by atoms with Gasteiger partial charge in [0.05, 0.1) is 6.61 Å². The summed E-state index contributed by atoms with van der Waals surface area (Å²) in [6.45, 7) is 1.72. The molecule has 0 aliphatic rings. The minimum Gasteiger partial charge on any atom is -0.465 e. The van der Waals surface area contributed by atoms with E-state index in [4.69, 9.17) is 4.74 Å². The molecule has 0 radical (unpaired) electrons. The van der Waals surface area contributed by atoms with Crippen LogP contribution in [-0.2, 0) is 20.7 Å². The van der Waals surface area contributed by atoms with Crippen LogP contribution in [0.3, 0.4) is 0 Å². The van der Waals surface area contributed by atoms with Gasteiger partial charge in [0.1, 0.15) is 12.2 Å². The Morgan fingerprint density at radius 1 is 1.44 bits per heavy atom. The van der Waals surface area contributed by atoms with E-state index in [-0.39, 0.29) is 12.2 Å². The van der Waals surface area contributed by atoms with Crippen LogP contribution in [-0.4, -0.2) is 23.3 Å². The van der Waals surface area contributed by atoms with E-state index >= 15 is 0 Å². The average molecular weight is 221 g/mol. The molecule has 0 spiro atoms. The van der Waals surface area contributed by atoms with Gasteiger partial charge < -0.3 is 4.74 Å². The van der Waals surface area contributed by atoms with E-state index in [9.17, 15) is 9.59 Å². The number of aryl methyl sites for hydroxylation is 1. The number of carbonyl (C=O) groups is 2. The zero-order chi connectivity index (χ0) is 11.8. The van der Waals surface area contributed by atoms with Gasteiger partial charge in [-0.3, -0.25) is 14.6 Å². The van der Waals surface area contributed by atoms with Crippen molar-refractivity contribution in [1.82, 2.24) is 4.98 Å². The summed E-state index contributed by atoms with van der Waals surface area (Å²) in [6.07, 6.45) is 4.94. The molecule has 0 aromatic carbocycles. The third-order valence-electron chi connectivity index (χ3n) is 1.99. The number of Topliss-reactive ketones (excluding diaryl/α,β-unsaturated/α-hetero) is 1. The van der Waals surface area contributed by atoms with Crippen molar-refractivity contribution >= 4 is 11.8 Å². The van der Waals surface area contributed by atoms with Gasteiger partial charge in [-0.1, -0.05) is 6.07 Å². The molecule has 1 aromatic heterocycles. The number of pyridine rings is 1. The fourth-order valence-electron chi connectivity index (χ4n) is 1.26. The summed E-state index contributed by atoms with van der Waals surface area (Å²) in [6, 6.07) is 3.85. The second-order valence-corrected chi connectivity index (χ2v) is 3.56. The first-order chi connectivity index (χ1) is 7.68. The van der Waals surface area contributed by atoms with Gasteiger partial charge in [-0.15, -0.1) is 0 Å². The van der Waals surface area contributed by atoms with E-state index in [1.54, 1.807) is 12.4 Å². The Labute approximate surface area is 94.6 Å². The third-order valence-corrected chi connectivity index (χ3v) is 1.99. The predicted molar refractivity (Wildman–Crippen MR) is 58.8 cm³/mol. The van der Waals surface area contributed by atoms with E-state index < -0.39 is 5.97 Å². The first kappa shape index (κ1) is 12.4. The van der Waals surface area contributed by atoms with Crippen molar-refractivity contribution in [2.45, 2.75) is 26.2 Å². The van der Waals surface area contributed by atoms with Crippen LogP contribution in [0.4, 0.5) is 0 Å². The van der Waals surface area contributed by atoms with Crippen LogP contribution in [0.2, 0.25) is 0 Å². The molecule has 1 rings (SSSR count). The lowest BCUT2D eigenvalue weighted by Gasteiger charge is -2.03. The van der Waals surface area contributed by atoms with Crippen LogP contribution in [0.15, 0.2) is 24.5 Å². The number of ether oxygens (including phenoxy) is 1. The fraction of sp³-hybridized carbons (Fsp3) is 0.417. The molecule has 86 valence electrons.